The highest BCUT2D eigenvalue weighted by Crippen LogP contribution is 2.17. The van der Waals surface area contributed by atoms with E-state index in [-0.39, 0.29) is 18.4 Å². The molecule has 2 amide bonds. The number of hydrogen-bond donors (Lipinski definition) is 2. The van der Waals surface area contributed by atoms with Crippen LogP contribution in [0.4, 0.5) is 0 Å². The molecule has 23 heavy (non-hydrogen) atoms. The monoisotopic (exact) mass is 315 g/mol. The Hall–Kier alpha value is -1.88. The molecule has 1 fully saturated rings. The first kappa shape index (κ1) is 16.0. The second-order valence-electron chi connectivity index (χ2n) is 6.46. The smallest absolute Gasteiger partial charge is 0.239 e. The van der Waals surface area contributed by atoms with Crippen LogP contribution < -0.4 is 10.6 Å². The van der Waals surface area contributed by atoms with Crippen LogP contribution >= 0.6 is 0 Å². The van der Waals surface area contributed by atoms with Gasteiger partial charge in [0, 0.05) is 32.6 Å². The van der Waals surface area contributed by atoms with Gasteiger partial charge < -0.3 is 15.5 Å². The quantitative estimate of drug-likeness (QED) is 0.889. The van der Waals surface area contributed by atoms with Crippen molar-refractivity contribution in [2.24, 2.45) is 0 Å². The van der Waals surface area contributed by atoms with Crippen LogP contribution in [0.3, 0.4) is 0 Å². The van der Waals surface area contributed by atoms with Gasteiger partial charge in [0.05, 0.1) is 6.54 Å². The number of likely N-dealkylation sites (tertiary alicyclic amines) is 1. The molecule has 5 heteroatoms. The van der Waals surface area contributed by atoms with Crippen LogP contribution in [0, 0.1) is 0 Å². The average molecular weight is 315 g/mol. The Labute approximate surface area is 137 Å². The Kier molecular flexibility index (Phi) is 5.28. The highest BCUT2D eigenvalue weighted by Gasteiger charge is 2.18. The fourth-order valence-corrected chi connectivity index (χ4v) is 3.27. The van der Waals surface area contributed by atoms with Gasteiger partial charge in [-0.25, -0.2) is 0 Å². The molecule has 3 rings (SSSR count). The van der Waals surface area contributed by atoms with Crippen LogP contribution in [0.25, 0.3) is 0 Å². The number of benzene rings is 1. The summed E-state index contributed by atoms with van der Waals surface area (Å²) in [6.45, 7) is 3.24. The van der Waals surface area contributed by atoms with Crippen molar-refractivity contribution < 1.29 is 9.59 Å². The van der Waals surface area contributed by atoms with Gasteiger partial charge in [0.2, 0.25) is 11.8 Å². The van der Waals surface area contributed by atoms with Gasteiger partial charge in [-0.15, -0.1) is 0 Å². The van der Waals surface area contributed by atoms with E-state index in [0.717, 1.165) is 44.3 Å². The molecule has 1 aromatic rings. The largest absolute Gasteiger partial charge is 0.350 e. The van der Waals surface area contributed by atoms with Crippen LogP contribution in [-0.2, 0) is 29.2 Å². The van der Waals surface area contributed by atoms with E-state index in [1.165, 1.54) is 11.1 Å². The molecule has 124 valence electrons. The van der Waals surface area contributed by atoms with Crippen molar-refractivity contribution in [1.29, 1.82) is 0 Å². The first-order valence-electron chi connectivity index (χ1n) is 8.58. The van der Waals surface area contributed by atoms with E-state index in [2.05, 4.69) is 28.8 Å². The van der Waals surface area contributed by atoms with Gasteiger partial charge in [-0.05, 0) is 29.5 Å². The lowest BCUT2D eigenvalue weighted by atomic mass is 10.1. The first-order chi connectivity index (χ1) is 11.2. The molecule has 5 nitrogen and oxygen atoms in total. The lowest BCUT2D eigenvalue weighted by molar-refractivity contribution is -0.136. The number of amides is 2. The molecular weight excluding hydrogens is 290 g/mol. The van der Waals surface area contributed by atoms with Crippen molar-refractivity contribution >= 4 is 11.8 Å². The Morgan fingerprint density at radius 2 is 1.96 bits per heavy atom. The van der Waals surface area contributed by atoms with Gasteiger partial charge in [-0.3, -0.25) is 9.59 Å². The molecular formula is C18H25N3O2. The standard InChI is InChI=1S/C18H25N3O2/c22-17(13-21-8-4-2-1-3-5-18(21)23)20-10-14-6-7-15-11-19-12-16(15)9-14/h6-7,9,19H,1-5,8,10-13H2,(H,20,22). The maximum atomic E-state index is 12.1. The zero-order valence-electron chi connectivity index (χ0n) is 13.6. The molecule has 0 unspecified atom stereocenters. The lowest BCUT2D eigenvalue weighted by Gasteiger charge is -2.24. The number of rotatable bonds is 4. The maximum absolute atomic E-state index is 12.1. The van der Waals surface area contributed by atoms with Crippen molar-refractivity contribution in [3.8, 4) is 0 Å². The molecule has 1 saturated heterocycles. The Morgan fingerprint density at radius 3 is 2.87 bits per heavy atom. The van der Waals surface area contributed by atoms with E-state index in [9.17, 15) is 9.59 Å². The number of hydrogen-bond acceptors (Lipinski definition) is 3. The van der Waals surface area contributed by atoms with Crippen LogP contribution in [0.1, 0.15) is 48.8 Å². The van der Waals surface area contributed by atoms with E-state index in [0.29, 0.717) is 19.5 Å². The Balaban J connectivity index is 1.49. The fraction of sp³-hybridized carbons (Fsp3) is 0.556. The molecule has 0 bridgehead atoms. The predicted octanol–water partition coefficient (Wildman–Crippen LogP) is 1.70. The van der Waals surface area contributed by atoms with Gasteiger partial charge in [0.1, 0.15) is 0 Å². The van der Waals surface area contributed by atoms with Crippen molar-refractivity contribution in [2.75, 3.05) is 13.1 Å². The summed E-state index contributed by atoms with van der Waals surface area (Å²) in [5.74, 6) is 0.0426. The minimum atomic E-state index is -0.0717. The third kappa shape index (κ3) is 4.32. The van der Waals surface area contributed by atoms with Gasteiger partial charge in [0.25, 0.3) is 0 Å². The van der Waals surface area contributed by atoms with Crippen molar-refractivity contribution in [3.63, 3.8) is 0 Å². The molecule has 0 spiro atoms. The zero-order valence-corrected chi connectivity index (χ0v) is 13.6. The van der Waals surface area contributed by atoms with Crippen molar-refractivity contribution in [2.45, 2.75) is 51.7 Å². The van der Waals surface area contributed by atoms with E-state index in [1.807, 2.05) is 0 Å². The second-order valence-corrected chi connectivity index (χ2v) is 6.46. The molecule has 0 aliphatic carbocycles. The number of nitrogens with one attached hydrogen (secondary N) is 2. The molecule has 0 aromatic heterocycles. The first-order valence-corrected chi connectivity index (χ1v) is 8.58. The summed E-state index contributed by atoms with van der Waals surface area (Å²) in [6.07, 6.45) is 4.79. The number of nitrogens with zero attached hydrogens (tertiary/aromatic N) is 1. The van der Waals surface area contributed by atoms with E-state index in [1.54, 1.807) is 4.90 Å². The molecule has 2 aliphatic rings. The third-order valence-corrected chi connectivity index (χ3v) is 4.65. The highest BCUT2D eigenvalue weighted by atomic mass is 16.2. The topological polar surface area (TPSA) is 61.4 Å². The lowest BCUT2D eigenvalue weighted by Crippen LogP contribution is -2.41. The summed E-state index contributed by atoms with van der Waals surface area (Å²) in [7, 11) is 0. The minimum Gasteiger partial charge on any atom is -0.350 e. The normalized spacial score (nSPS) is 18.3. The molecule has 0 atom stereocenters. The van der Waals surface area contributed by atoms with Gasteiger partial charge in [-0.1, -0.05) is 31.0 Å². The summed E-state index contributed by atoms with van der Waals surface area (Å²) in [4.78, 5) is 25.9. The van der Waals surface area contributed by atoms with Gasteiger partial charge in [0.15, 0.2) is 0 Å². The van der Waals surface area contributed by atoms with E-state index < -0.39 is 0 Å². The predicted molar refractivity (Wildman–Crippen MR) is 88.5 cm³/mol. The summed E-state index contributed by atoms with van der Waals surface area (Å²) in [6, 6.07) is 6.34. The van der Waals surface area contributed by atoms with Crippen molar-refractivity contribution in [1.82, 2.24) is 15.5 Å². The SMILES string of the molecule is O=C(CN1CCCCCCC1=O)NCc1ccc2c(c1)CNC2. The summed E-state index contributed by atoms with van der Waals surface area (Å²) in [5, 5.41) is 6.26. The molecule has 2 N–H and O–H groups in total. The number of carbonyl (C=O) groups excluding carboxylic acids is 2. The molecule has 1 aromatic carbocycles. The van der Waals surface area contributed by atoms with Gasteiger partial charge in [-0.2, -0.15) is 0 Å². The van der Waals surface area contributed by atoms with E-state index >= 15 is 0 Å². The van der Waals surface area contributed by atoms with E-state index in [4.69, 9.17) is 0 Å². The number of fused-ring (bicyclic) bond motifs is 1. The Bertz CT molecular complexity index is 586. The fourth-order valence-electron chi connectivity index (χ4n) is 3.27. The molecule has 0 saturated carbocycles. The van der Waals surface area contributed by atoms with Crippen LogP contribution in [-0.4, -0.2) is 29.8 Å². The molecule has 2 aliphatic heterocycles. The van der Waals surface area contributed by atoms with Crippen LogP contribution in [0.15, 0.2) is 18.2 Å². The number of carbonyl (C=O) groups is 2. The highest BCUT2D eigenvalue weighted by molar-refractivity contribution is 5.84. The van der Waals surface area contributed by atoms with Crippen LogP contribution in [0.2, 0.25) is 0 Å². The second kappa shape index (κ2) is 7.59. The summed E-state index contributed by atoms with van der Waals surface area (Å²) < 4.78 is 0. The molecule has 2 heterocycles. The van der Waals surface area contributed by atoms with Gasteiger partial charge >= 0.3 is 0 Å². The summed E-state index contributed by atoms with van der Waals surface area (Å²) in [5.41, 5.74) is 3.77. The Morgan fingerprint density at radius 1 is 1.13 bits per heavy atom. The zero-order chi connectivity index (χ0) is 16.1. The average Bonchev–Trinajstić information content (AvgIpc) is 3.00. The third-order valence-electron chi connectivity index (χ3n) is 4.65. The maximum Gasteiger partial charge on any atom is 0.239 e. The minimum absolute atomic E-state index is 0.0717. The van der Waals surface area contributed by atoms with Crippen LogP contribution in [0.5, 0.6) is 0 Å². The summed E-state index contributed by atoms with van der Waals surface area (Å²) >= 11 is 0. The molecule has 0 radical (unpaired) electrons. The van der Waals surface area contributed by atoms with Crippen molar-refractivity contribution in [3.05, 3.63) is 34.9 Å².